The highest BCUT2D eigenvalue weighted by molar-refractivity contribution is 6.63. The van der Waals surface area contributed by atoms with Crippen LogP contribution in [0.25, 0.3) is 33.5 Å². The number of nitrogens with two attached hydrogens (primary N) is 2. The van der Waals surface area contributed by atoms with Crippen LogP contribution in [-0.2, 0) is 0 Å². The lowest BCUT2D eigenvalue weighted by Crippen LogP contribution is -2.15. The minimum absolute atomic E-state index is 0. The number of alkyl halides is 3. The zero-order valence-corrected chi connectivity index (χ0v) is 31.4. The number of carbonyl (C=O) groups excluding carboxylic acids is 2. The van der Waals surface area contributed by atoms with Gasteiger partial charge in [-0.25, -0.2) is 45.1 Å². The average molecular weight is 880 g/mol. The van der Waals surface area contributed by atoms with E-state index in [-0.39, 0.29) is 29.9 Å². The Bertz CT molecular complexity index is 2340. The Morgan fingerprint density at radius 1 is 0.441 bits per heavy atom. The molecular formula is C42H29Cl3F8N4O2. The maximum Gasteiger partial charge on any atom is 0.233 e. The summed E-state index contributed by atoms with van der Waals surface area (Å²) >= 11 is 14.4. The number of ketones is 2. The molecule has 0 aliphatic carbocycles. The Kier molecular flexibility index (Phi) is 17.3. The summed E-state index contributed by atoms with van der Waals surface area (Å²) in [7, 11) is 0. The lowest BCUT2D eigenvalue weighted by atomic mass is 10.0. The molecule has 0 spiro atoms. The molecule has 0 amide bonds. The molecule has 0 unspecified atom stereocenters. The summed E-state index contributed by atoms with van der Waals surface area (Å²) in [5.41, 5.74) is 12.5. The van der Waals surface area contributed by atoms with Crippen molar-refractivity contribution in [2.75, 3.05) is 11.5 Å². The quantitative estimate of drug-likeness (QED) is 0.0585. The molecule has 0 radical (unpaired) electrons. The molecule has 6 aromatic carbocycles. The van der Waals surface area contributed by atoms with E-state index in [9.17, 15) is 44.7 Å². The number of benzene rings is 6. The minimum atomic E-state index is -1.26. The molecule has 59 heavy (non-hydrogen) atoms. The van der Waals surface area contributed by atoms with Crippen molar-refractivity contribution in [3.8, 4) is 22.5 Å². The van der Waals surface area contributed by atoms with E-state index >= 15 is 0 Å². The maximum atomic E-state index is 13.7. The molecule has 0 atom stereocenters. The fourth-order valence-electron chi connectivity index (χ4n) is 4.93. The SMILES string of the molecule is C.ClC(Cl)Cl.Fc1cc(F)cc(-c2nc3ccccc3nc2-c2cc(F)cc(F)c2)c1.Nc1ccccc1N.O=C(C(=O)c1cc(F)cc(F)c1)c1cc(F)cc(F)c1. The van der Waals surface area contributed by atoms with Gasteiger partial charge in [-0.2, -0.15) is 0 Å². The van der Waals surface area contributed by atoms with E-state index in [1.807, 2.05) is 12.1 Å². The van der Waals surface area contributed by atoms with E-state index in [1.165, 1.54) is 0 Å². The Morgan fingerprint density at radius 2 is 0.678 bits per heavy atom. The van der Waals surface area contributed by atoms with Gasteiger partial charge in [0.2, 0.25) is 11.6 Å². The number of hydrogen-bond acceptors (Lipinski definition) is 6. The van der Waals surface area contributed by atoms with Gasteiger partial charge >= 0.3 is 0 Å². The van der Waals surface area contributed by atoms with Crippen LogP contribution in [0.4, 0.5) is 46.5 Å². The van der Waals surface area contributed by atoms with Crippen LogP contribution in [0.3, 0.4) is 0 Å². The fourth-order valence-corrected chi connectivity index (χ4v) is 4.93. The first-order valence-electron chi connectivity index (χ1n) is 16.1. The molecule has 306 valence electrons. The summed E-state index contributed by atoms with van der Waals surface area (Å²) < 4.78 is 106. The van der Waals surface area contributed by atoms with Crippen molar-refractivity contribution >= 4 is 68.8 Å². The summed E-state index contributed by atoms with van der Waals surface area (Å²) in [5, 5.41) is 0. The van der Waals surface area contributed by atoms with E-state index in [0.29, 0.717) is 58.8 Å². The number of aromatic nitrogens is 2. The van der Waals surface area contributed by atoms with Crippen LogP contribution in [0, 0.1) is 46.5 Å². The van der Waals surface area contributed by atoms with E-state index in [4.69, 9.17) is 46.3 Å². The van der Waals surface area contributed by atoms with Gasteiger partial charge in [-0.05, 0) is 72.8 Å². The Hall–Kier alpha value is -6.09. The predicted molar refractivity (Wildman–Crippen MR) is 215 cm³/mol. The predicted octanol–water partition coefficient (Wildman–Crippen LogP) is 12.3. The largest absolute Gasteiger partial charge is 0.397 e. The monoisotopic (exact) mass is 878 g/mol. The molecule has 0 aliphatic heterocycles. The van der Waals surface area contributed by atoms with Gasteiger partial charge in [0.15, 0.2) is 4.30 Å². The summed E-state index contributed by atoms with van der Waals surface area (Å²) in [6.45, 7) is 0. The number of halogens is 11. The summed E-state index contributed by atoms with van der Waals surface area (Å²) in [6, 6.07) is 23.7. The van der Waals surface area contributed by atoms with E-state index < -0.39 is 73.5 Å². The molecule has 0 saturated heterocycles. The number of nitrogens with zero attached hydrogens (tertiary/aromatic N) is 2. The first-order chi connectivity index (χ1) is 27.4. The lowest BCUT2D eigenvalue weighted by molar-refractivity contribution is 0.0816. The second-order valence-electron chi connectivity index (χ2n) is 11.6. The van der Waals surface area contributed by atoms with Gasteiger partial charge < -0.3 is 11.5 Å². The van der Waals surface area contributed by atoms with Gasteiger partial charge in [-0.1, -0.05) is 66.5 Å². The summed E-state index contributed by atoms with van der Waals surface area (Å²) in [4.78, 5) is 32.3. The highest BCUT2D eigenvalue weighted by Crippen LogP contribution is 2.32. The summed E-state index contributed by atoms with van der Waals surface area (Å²) in [5.74, 6) is -9.80. The Labute approximate surface area is 347 Å². The number of nitrogen functional groups attached to an aromatic ring is 2. The lowest BCUT2D eigenvalue weighted by Gasteiger charge is -2.11. The van der Waals surface area contributed by atoms with Crippen LogP contribution in [0.5, 0.6) is 0 Å². The normalized spacial score (nSPS) is 10.2. The van der Waals surface area contributed by atoms with Gasteiger partial charge in [0, 0.05) is 46.5 Å². The van der Waals surface area contributed by atoms with Crippen molar-refractivity contribution < 1.29 is 44.7 Å². The number of Topliss-reactive ketones (excluding diaryl/α,β-unsaturated/α-hetero) is 2. The van der Waals surface area contributed by atoms with Crippen LogP contribution in [0.15, 0.2) is 121 Å². The summed E-state index contributed by atoms with van der Waals surface area (Å²) in [6.07, 6.45) is 0. The number of fused-ring (bicyclic) bond motifs is 1. The molecular weight excluding hydrogens is 851 g/mol. The third kappa shape index (κ3) is 14.1. The van der Waals surface area contributed by atoms with Gasteiger partial charge in [0.25, 0.3) is 0 Å². The highest BCUT2D eigenvalue weighted by atomic mass is 35.6. The zero-order chi connectivity index (χ0) is 42.7. The number of hydrogen-bond donors (Lipinski definition) is 2. The number of para-hydroxylation sites is 4. The molecule has 6 nitrogen and oxygen atoms in total. The molecule has 0 saturated carbocycles. The molecule has 0 fully saturated rings. The maximum absolute atomic E-state index is 13.7. The van der Waals surface area contributed by atoms with Crippen molar-refractivity contribution in [2.45, 2.75) is 11.7 Å². The number of rotatable bonds is 5. The zero-order valence-electron chi connectivity index (χ0n) is 29.1. The van der Waals surface area contributed by atoms with Crippen LogP contribution < -0.4 is 11.5 Å². The second kappa shape index (κ2) is 21.6. The minimum Gasteiger partial charge on any atom is -0.397 e. The average Bonchev–Trinajstić information content (AvgIpc) is 3.13. The van der Waals surface area contributed by atoms with E-state index in [2.05, 4.69) is 9.97 Å². The van der Waals surface area contributed by atoms with Crippen LogP contribution in [0.2, 0.25) is 0 Å². The first kappa shape index (κ1) is 47.3. The second-order valence-corrected chi connectivity index (χ2v) is 13.6. The molecule has 4 N–H and O–H groups in total. The standard InChI is InChI=1S/C20H10F4N2.C14H6F4O2.C6H8N2.CHCl3.CH4/c21-13-5-11(6-14(22)9-13)19-20(12-7-15(23)10-16(24)8-12)26-18-4-2-1-3-17(18)25-19;15-9-1-7(2-10(16)5-9)13(19)14(20)8-3-11(17)6-12(18)4-8;7-5-3-1-2-4-6(5)8;2-1(3)4;/h1-10H;1-6H;1-4H,7-8H2;1H;1H4. The molecule has 17 heteroatoms. The highest BCUT2D eigenvalue weighted by Gasteiger charge is 2.21. The third-order valence-corrected chi connectivity index (χ3v) is 7.29. The Balaban J connectivity index is 0.000000248. The van der Waals surface area contributed by atoms with E-state index in [0.717, 1.165) is 36.4 Å². The van der Waals surface area contributed by atoms with Gasteiger partial charge in [0.1, 0.15) is 46.5 Å². The number of anilines is 2. The molecule has 1 heterocycles. The molecule has 7 aromatic rings. The van der Waals surface area contributed by atoms with Gasteiger partial charge in [-0.3, -0.25) is 9.59 Å². The fraction of sp³-hybridized carbons (Fsp3) is 0.0476. The topological polar surface area (TPSA) is 112 Å². The van der Waals surface area contributed by atoms with E-state index in [1.54, 1.807) is 36.4 Å². The van der Waals surface area contributed by atoms with Gasteiger partial charge in [0.05, 0.1) is 33.8 Å². The van der Waals surface area contributed by atoms with Crippen molar-refractivity contribution in [1.29, 1.82) is 0 Å². The van der Waals surface area contributed by atoms with Crippen LogP contribution in [-0.4, -0.2) is 25.8 Å². The van der Waals surface area contributed by atoms with Crippen molar-refractivity contribution in [3.05, 3.63) is 179 Å². The van der Waals surface area contributed by atoms with Crippen LogP contribution in [0.1, 0.15) is 28.1 Å². The van der Waals surface area contributed by atoms with Crippen molar-refractivity contribution in [1.82, 2.24) is 9.97 Å². The van der Waals surface area contributed by atoms with Crippen LogP contribution >= 0.6 is 34.8 Å². The smallest absolute Gasteiger partial charge is 0.233 e. The third-order valence-electron chi connectivity index (χ3n) is 7.29. The molecule has 0 bridgehead atoms. The molecule has 7 rings (SSSR count). The Morgan fingerprint density at radius 3 is 0.932 bits per heavy atom. The van der Waals surface area contributed by atoms with Crippen molar-refractivity contribution in [3.63, 3.8) is 0 Å². The molecule has 1 aromatic heterocycles. The molecule has 0 aliphatic rings. The number of carbonyl (C=O) groups is 2. The first-order valence-corrected chi connectivity index (χ1v) is 17.4. The van der Waals surface area contributed by atoms with Crippen molar-refractivity contribution in [2.24, 2.45) is 0 Å². The van der Waals surface area contributed by atoms with Gasteiger partial charge in [-0.15, -0.1) is 0 Å².